The summed E-state index contributed by atoms with van der Waals surface area (Å²) in [5.41, 5.74) is 32.4. The highest BCUT2D eigenvalue weighted by Gasteiger charge is 2.45. The van der Waals surface area contributed by atoms with Gasteiger partial charge in [0.15, 0.2) is 0 Å². The van der Waals surface area contributed by atoms with E-state index in [1.165, 1.54) is 110 Å². The molecule has 0 atom stereocenters. The SMILES string of the molecule is CC(C)(C)c1cc2c3c(c1)N(c1ccccc1-c1ccccc1-c1ccccc1-c1ccccc1)c1cc(-n4c5ccccc5c5ccccc54)ccc1B3c1ccc(-n3c4ccccc4c4ccccc43)cc1N2c1ccccc1-c1ccccc1-c1ccccc1-c1ccccc1. The van der Waals surface area contributed by atoms with Gasteiger partial charge in [-0.25, -0.2) is 0 Å². The van der Waals surface area contributed by atoms with E-state index in [4.69, 9.17) is 0 Å². The van der Waals surface area contributed by atoms with Crippen LogP contribution in [0.1, 0.15) is 26.3 Å². The normalized spacial score (nSPS) is 12.5. The molecule has 5 heteroatoms. The summed E-state index contributed by atoms with van der Waals surface area (Å²) in [6, 6.07) is 131. The van der Waals surface area contributed by atoms with Crippen LogP contribution in [0.2, 0.25) is 0 Å². The molecule has 17 aromatic rings. The number of benzene rings is 15. The monoisotopic (exact) mass is 1260 g/mol. The second kappa shape index (κ2) is 23.2. The van der Waals surface area contributed by atoms with Crippen LogP contribution < -0.4 is 26.2 Å². The van der Waals surface area contributed by atoms with E-state index in [0.717, 1.165) is 67.8 Å². The van der Waals surface area contributed by atoms with E-state index in [1.807, 2.05) is 0 Å². The lowest BCUT2D eigenvalue weighted by Crippen LogP contribution is -2.61. The molecular formula is C94H67BN4. The first-order valence-corrected chi connectivity index (χ1v) is 34.5. The fourth-order valence-electron chi connectivity index (χ4n) is 16.5. The zero-order valence-corrected chi connectivity index (χ0v) is 55.4. The van der Waals surface area contributed by atoms with Gasteiger partial charge in [0.1, 0.15) is 0 Å². The first kappa shape index (κ1) is 58.0. The molecule has 2 aliphatic rings. The number of para-hydroxylation sites is 6. The quantitative estimate of drug-likeness (QED) is 0.127. The molecule has 0 aliphatic carbocycles. The summed E-state index contributed by atoms with van der Waals surface area (Å²) in [5.74, 6) is 0. The van der Waals surface area contributed by atoms with Crippen LogP contribution in [0.5, 0.6) is 0 Å². The number of anilines is 6. The molecular weight excluding hydrogens is 1200 g/mol. The van der Waals surface area contributed by atoms with Crippen molar-refractivity contribution < 1.29 is 0 Å². The summed E-state index contributed by atoms with van der Waals surface area (Å²) < 4.78 is 4.97. The minimum absolute atomic E-state index is 0.199. The Balaban J connectivity index is 0.920. The van der Waals surface area contributed by atoms with Crippen LogP contribution in [-0.4, -0.2) is 15.8 Å². The molecule has 0 spiro atoms. The molecule has 0 fully saturated rings. The molecule has 99 heavy (non-hydrogen) atoms. The van der Waals surface area contributed by atoms with E-state index < -0.39 is 0 Å². The summed E-state index contributed by atoms with van der Waals surface area (Å²) in [4.78, 5) is 5.31. The van der Waals surface area contributed by atoms with Crippen LogP contribution in [0.4, 0.5) is 34.1 Å². The van der Waals surface area contributed by atoms with Crippen molar-refractivity contribution >= 4 is 101 Å². The smallest absolute Gasteiger partial charge is 0.252 e. The van der Waals surface area contributed by atoms with E-state index in [-0.39, 0.29) is 12.1 Å². The average Bonchev–Trinajstić information content (AvgIpc) is 1.64. The minimum atomic E-state index is -0.297. The highest BCUT2D eigenvalue weighted by atomic mass is 15.2. The van der Waals surface area contributed by atoms with E-state index in [1.54, 1.807) is 0 Å². The van der Waals surface area contributed by atoms with Gasteiger partial charge in [-0.2, -0.15) is 0 Å². The van der Waals surface area contributed by atoms with Gasteiger partial charge in [-0.15, -0.1) is 0 Å². The Kier molecular flexibility index (Phi) is 13.6. The molecule has 15 aromatic carbocycles. The van der Waals surface area contributed by atoms with Crippen molar-refractivity contribution in [2.24, 2.45) is 0 Å². The summed E-state index contributed by atoms with van der Waals surface area (Å²) in [6.07, 6.45) is 0. The third-order valence-electron chi connectivity index (χ3n) is 20.9. The second-order valence-electron chi connectivity index (χ2n) is 27.5. The molecule has 0 saturated carbocycles. The maximum absolute atomic E-state index is 2.66. The Morgan fingerprint density at radius 2 is 0.515 bits per heavy atom. The largest absolute Gasteiger partial charge is 0.311 e. The van der Waals surface area contributed by atoms with Crippen LogP contribution in [0.25, 0.3) is 122 Å². The standard InChI is InChI=1S/C94H67BN4/c1-94(2,3)64-58-91-93-92(59-64)99(88-53-29-19-43-76(88)74-41-17-15-39-72(74)70-37-13-11-35-68(70)63-32-8-5-9-33-63)90-61-66(97-85-50-26-22-46-79(85)80-47-23-27-51-86(80)97)55-57-82(90)95(93)81-56-54-65(96-83-48-24-20-44-77(83)78-45-21-25-49-84(78)96)60-89(81)98(91)87-52-28-18-42-75(87)73-40-16-14-38-71(73)69-36-12-10-34-67(69)62-30-6-4-7-31-62/h4-61H,1-3H3. The molecule has 0 amide bonds. The number of rotatable bonds is 10. The number of aromatic nitrogens is 2. The lowest BCUT2D eigenvalue weighted by atomic mass is 9.33. The predicted molar refractivity (Wildman–Crippen MR) is 420 cm³/mol. The van der Waals surface area contributed by atoms with Gasteiger partial charge in [0.2, 0.25) is 0 Å². The molecule has 0 saturated heterocycles. The van der Waals surface area contributed by atoms with Crippen LogP contribution in [0.3, 0.4) is 0 Å². The third kappa shape index (κ3) is 9.29. The summed E-state index contributed by atoms with van der Waals surface area (Å²) in [7, 11) is 0. The van der Waals surface area contributed by atoms with Gasteiger partial charge in [-0.05, 0) is 156 Å². The van der Waals surface area contributed by atoms with Crippen molar-refractivity contribution in [3.8, 4) is 78.1 Å². The summed E-state index contributed by atoms with van der Waals surface area (Å²) >= 11 is 0. The molecule has 466 valence electrons. The van der Waals surface area contributed by atoms with Gasteiger partial charge >= 0.3 is 0 Å². The Morgan fingerprint density at radius 3 is 0.869 bits per heavy atom. The maximum Gasteiger partial charge on any atom is 0.252 e. The fraction of sp³-hybridized carbons (Fsp3) is 0.0426. The van der Waals surface area contributed by atoms with Crippen molar-refractivity contribution in [3.05, 3.63) is 357 Å². The highest BCUT2D eigenvalue weighted by molar-refractivity contribution is 7.00. The first-order valence-electron chi connectivity index (χ1n) is 34.5. The zero-order chi connectivity index (χ0) is 65.9. The van der Waals surface area contributed by atoms with Crippen molar-refractivity contribution in [2.75, 3.05) is 9.80 Å². The molecule has 4 nitrogen and oxygen atoms in total. The van der Waals surface area contributed by atoms with Gasteiger partial charge in [-0.1, -0.05) is 300 Å². The van der Waals surface area contributed by atoms with E-state index in [2.05, 4.69) is 392 Å². The third-order valence-corrected chi connectivity index (χ3v) is 20.9. The van der Waals surface area contributed by atoms with Crippen molar-refractivity contribution in [3.63, 3.8) is 0 Å². The average molecular weight is 1260 g/mol. The summed E-state index contributed by atoms with van der Waals surface area (Å²) in [6.45, 7) is 6.94. The first-order chi connectivity index (χ1) is 48.8. The summed E-state index contributed by atoms with van der Waals surface area (Å²) in [5, 5.41) is 4.92. The lowest BCUT2D eigenvalue weighted by molar-refractivity contribution is 0.590. The van der Waals surface area contributed by atoms with Crippen LogP contribution in [0.15, 0.2) is 352 Å². The maximum atomic E-state index is 2.66. The lowest BCUT2D eigenvalue weighted by Gasteiger charge is -2.46. The Bertz CT molecular complexity index is 5600. The Hall–Kier alpha value is -12.4. The molecule has 0 radical (unpaired) electrons. The van der Waals surface area contributed by atoms with Gasteiger partial charge in [-0.3, -0.25) is 0 Å². The topological polar surface area (TPSA) is 16.3 Å². The van der Waals surface area contributed by atoms with Crippen LogP contribution >= 0.6 is 0 Å². The number of fused-ring (bicyclic) bond motifs is 10. The van der Waals surface area contributed by atoms with Crippen LogP contribution in [-0.2, 0) is 5.41 Å². The molecule has 0 bridgehead atoms. The molecule has 2 aromatic heterocycles. The van der Waals surface area contributed by atoms with Gasteiger partial charge < -0.3 is 18.9 Å². The number of hydrogen-bond acceptors (Lipinski definition) is 2. The molecule has 0 unspecified atom stereocenters. The van der Waals surface area contributed by atoms with Crippen molar-refractivity contribution in [1.82, 2.24) is 9.13 Å². The van der Waals surface area contributed by atoms with E-state index in [9.17, 15) is 0 Å². The van der Waals surface area contributed by atoms with Crippen LogP contribution in [0, 0.1) is 0 Å². The highest BCUT2D eigenvalue weighted by Crippen LogP contribution is 2.53. The minimum Gasteiger partial charge on any atom is -0.311 e. The Labute approximate surface area is 577 Å². The van der Waals surface area contributed by atoms with Crippen molar-refractivity contribution in [2.45, 2.75) is 26.2 Å². The van der Waals surface area contributed by atoms with Gasteiger partial charge in [0.25, 0.3) is 6.71 Å². The molecule has 4 heterocycles. The van der Waals surface area contributed by atoms with Gasteiger partial charge in [0, 0.05) is 66.8 Å². The van der Waals surface area contributed by atoms with Gasteiger partial charge in [0.05, 0.1) is 33.4 Å². The zero-order valence-electron chi connectivity index (χ0n) is 55.4. The molecule has 2 aliphatic heterocycles. The molecule has 19 rings (SSSR count). The number of nitrogens with zero attached hydrogens (tertiary/aromatic N) is 4. The fourth-order valence-corrected chi connectivity index (χ4v) is 16.5. The number of hydrogen-bond donors (Lipinski definition) is 0. The second-order valence-corrected chi connectivity index (χ2v) is 27.5. The van der Waals surface area contributed by atoms with E-state index in [0.29, 0.717) is 0 Å². The Morgan fingerprint density at radius 1 is 0.232 bits per heavy atom. The van der Waals surface area contributed by atoms with Crippen molar-refractivity contribution in [1.29, 1.82) is 0 Å². The van der Waals surface area contributed by atoms with E-state index >= 15 is 0 Å². The predicted octanol–water partition coefficient (Wildman–Crippen LogP) is 23.3. The molecule has 0 N–H and O–H groups in total.